The molecule has 0 saturated carbocycles. The van der Waals surface area contributed by atoms with Crippen molar-refractivity contribution in [3.63, 3.8) is 0 Å². The van der Waals surface area contributed by atoms with Gasteiger partial charge in [0.1, 0.15) is 5.75 Å². The van der Waals surface area contributed by atoms with Crippen LogP contribution in [0.3, 0.4) is 0 Å². The number of anilines is 1. The second kappa shape index (κ2) is 7.43. The molecule has 0 aliphatic carbocycles. The van der Waals surface area contributed by atoms with Crippen LogP contribution in [0.5, 0.6) is 5.75 Å². The van der Waals surface area contributed by atoms with Gasteiger partial charge in [-0.2, -0.15) is 0 Å². The highest BCUT2D eigenvalue weighted by atomic mass is 79.9. The summed E-state index contributed by atoms with van der Waals surface area (Å²) in [6.45, 7) is 3.95. The van der Waals surface area contributed by atoms with E-state index in [0.717, 1.165) is 20.1 Å². The second-order valence-electron chi connectivity index (χ2n) is 4.66. The van der Waals surface area contributed by atoms with E-state index in [0.29, 0.717) is 0 Å². The first-order valence-corrected chi connectivity index (χ1v) is 8.15. The highest BCUT2D eigenvalue weighted by Gasteiger charge is 2.01. The minimum atomic E-state index is -0.156. The van der Waals surface area contributed by atoms with Gasteiger partial charge in [-0.05, 0) is 72.3 Å². The minimum Gasteiger partial charge on any atom is -0.491 e. The molecule has 0 bridgehead atoms. The van der Waals surface area contributed by atoms with Crippen molar-refractivity contribution in [2.24, 2.45) is 0 Å². The van der Waals surface area contributed by atoms with Crippen molar-refractivity contribution >= 4 is 44.9 Å². The van der Waals surface area contributed by atoms with Crippen LogP contribution < -0.4 is 10.1 Å². The summed E-state index contributed by atoms with van der Waals surface area (Å²) in [5, 5.41) is 2.81. The average molecular weight is 366 g/mol. The van der Waals surface area contributed by atoms with E-state index in [9.17, 15) is 4.79 Å². The Morgan fingerprint density at radius 1 is 1.24 bits per heavy atom. The fourth-order valence-electron chi connectivity index (χ4n) is 1.65. The van der Waals surface area contributed by atoms with E-state index in [-0.39, 0.29) is 12.0 Å². The first-order chi connectivity index (χ1) is 10.0. The molecule has 0 atom stereocenters. The molecule has 21 heavy (non-hydrogen) atoms. The van der Waals surface area contributed by atoms with Crippen LogP contribution in [0.1, 0.15) is 18.7 Å². The van der Waals surface area contributed by atoms with Gasteiger partial charge in [-0.3, -0.25) is 4.79 Å². The van der Waals surface area contributed by atoms with Crippen molar-refractivity contribution in [1.29, 1.82) is 0 Å². The predicted molar refractivity (Wildman–Crippen MR) is 91.9 cm³/mol. The molecule has 0 unspecified atom stereocenters. The normalized spacial score (nSPS) is 11.0. The van der Waals surface area contributed by atoms with Crippen molar-refractivity contribution in [2.45, 2.75) is 20.0 Å². The maximum Gasteiger partial charge on any atom is 0.248 e. The molecule has 0 spiro atoms. The number of amides is 1. The number of hydrogen-bond donors (Lipinski definition) is 1. The Balaban J connectivity index is 1.91. The Bertz CT molecular complexity index is 632. The summed E-state index contributed by atoms with van der Waals surface area (Å²) in [5.74, 6) is 0.638. The smallest absolute Gasteiger partial charge is 0.248 e. The van der Waals surface area contributed by atoms with E-state index >= 15 is 0 Å². The third kappa shape index (κ3) is 5.36. The Morgan fingerprint density at radius 2 is 1.95 bits per heavy atom. The fourth-order valence-corrected chi connectivity index (χ4v) is 2.97. The Morgan fingerprint density at radius 3 is 2.52 bits per heavy atom. The lowest BCUT2D eigenvalue weighted by molar-refractivity contribution is -0.111. The zero-order valence-electron chi connectivity index (χ0n) is 11.8. The lowest BCUT2D eigenvalue weighted by Crippen LogP contribution is -2.08. The molecular weight excluding hydrogens is 350 g/mol. The number of thiophene rings is 1. The molecule has 1 amide bonds. The summed E-state index contributed by atoms with van der Waals surface area (Å²) in [5.41, 5.74) is 0.744. The zero-order valence-corrected chi connectivity index (χ0v) is 14.2. The van der Waals surface area contributed by atoms with E-state index in [2.05, 4.69) is 21.2 Å². The van der Waals surface area contributed by atoms with Crippen molar-refractivity contribution in [1.82, 2.24) is 0 Å². The Labute approximate surface area is 136 Å². The topological polar surface area (TPSA) is 38.3 Å². The van der Waals surface area contributed by atoms with Crippen molar-refractivity contribution in [3.8, 4) is 5.75 Å². The number of rotatable bonds is 5. The van der Waals surface area contributed by atoms with Gasteiger partial charge in [0.15, 0.2) is 0 Å². The molecule has 1 aromatic heterocycles. The van der Waals surface area contributed by atoms with Crippen molar-refractivity contribution in [3.05, 3.63) is 51.1 Å². The molecule has 0 aliphatic rings. The van der Waals surface area contributed by atoms with Gasteiger partial charge in [-0.1, -0.05) is 0 Å². The molecule has 0 aliphatic heterocycles. The summed E-state index contributed by atoms with van der Waals surface area (Å²) < 4.78 is 6.60. The first-order valence-electron chi connectivity index (χ1n) is 6.54. The maximum atomic E-state index is 11.8. The van der Waals surface area contributed by atoms with Crippen LogP contribution >= 0.6 is 27.3 Å². The summed E-state index contributed by atoms with van der Waals surface area (Å²) in [6, 6.07) is 11.2. The average Bonchev–Trinajstić information content (AvgIpc) is 2.84. The van der Waals surface area contributed by atoms with Crippen LogP contribution in [-0.2, 0) is 4.79 Å². The highest BCUT2D eigenvalue weighted by Crippen LogP contribution is 2.23. The molecule has 1 heterocycles. The van der Waals surface area contributed by atoms with Crippen molar-refractivity contribution < 1.29 is 9.53 Å². The molecule has 0 fully saturated rings. The van der Waals surface area contributed by atoms with Gasteiger partial charge < -0.3 is 10.1 Å². The first kappa shape index (κ1) is 15.8. The van der Waals surface area contributed by atoms with E-state index in [1.165, 1.54) is 6.08 Å². The van der Waals surface area contributed by atoms with E-state index in [1.54, 1.807) is 17.4 Å². The van der Waals surface area contributed by atoms with Crippen LogP contribution in [0, 0.1) is 0 Å². The van der Waals surface area contributed by atoms with Gasteiger partial charge in [0.25, 0.3) is 0 Å². The molecule has 110 valence electrons. The molecular formula is C16H16BrNO2S. The minimum absolute atomic E-state index is 0.137. The van der Waals surface area contributed by atoms with E-state index < -0.39 is 0 Å². The Kier molecular flexibility index (Phi) is 5.59. The number of benzene rings is 1. The summed E-state index contributed by atoms with van der Waals surface area (Å²) in [6.07, 6.45) is 3.45. The number of halogens is 1. The summed E-state index contributed by atoms with van der Waals surface area (Å²) in [7, 11) is 0. The van der Waals surface area contributed by atoms with Crippen LogP contribution in [0.25, 0.3) is 6.08 Å². The van der Waals surface area contributed by atoms with Crippen LogP contribution in [0.4, 0.5) is 5.69 Å². The monoisotopic (exact) mass is 365 g/mol. The summed E-state index contributed by atoms with van der Waals surface area (Å²) in [4.78, 5) is 12.8. The van der Waals surface area contributed by atoms with Crippen molar-refractivity contribution in [2.75, 3.05) is 5.32 Å². The third-order valence-electron chi connectivity index (χ3n) is 2.49. The van der Waals surface area contributed by atoms with Gasteiger partial charge in [-0.15, -0.1) is 11.3 Å². The van der Waals surface area contributed by atoms with Crippen LogP contribution in [0.15, 0.2) is 46.3 Å². The standard InChI is InChI=1S/C16H16BrNO2S/c1-11(2)20-13-5-3-12(4-6-13)18-16(19)10-8-14-7-9-15(17)21-14/h3-11H,1-2H3,(H,18,19)/b10-8+. The number of hydrogen-bond acceptors (Lipinski definition) is 3. The largest absolute Gasteiger partial charge is 0.491 e. The molecule has 3 nitrogen and oxygen atoms in total. The van der Waals surface area contributed by atoms with Gasteiger partial charge in [-0.25, -0.2) is 0 Å². The molecule has 2 rings (SSSR count). The summed E-state index contributed by atoms with van der Waals surface area (Å²) >= 11 is 4.97. The maximum absolute atomic E-state index is 11.8. The molecule has 5 heteroatoms. The molecule has 0 radical (unpaired) electrons. The lowest BCUT2D eigenvalue weighted by atomic mass is 10.3. The van der Waals surface area contributed by atoms with Gasteiger partial charge in [0.05, 0.1) is 9.89 Å². The number of carbonyl (C=O) groups excluding carboxylic acids is 1. The van der Waals surface area contributed by atoms with Gasteiger partial charge >= 0.3 is 0 Å². The highest BCUT2D eigenvalue weighted by molar-refractivity contribution is 9.11. The van der Waals surface area contributed by atoms with Crippen LogP contribution in [-0.4, -0.2) is 12.0 Å². The fraction of sp³-hybridized carbons (Fsp3) is 0.188. The second-order valence-corrected chi connectivity index (χ2v) is 7.15. The predicted octanol–water partition coefficient (Wildman–Crippen LogP) is 4.95. The van der Waals surface area contributed by atoms with E-state index in [1.807, 2.05) is 50.2 Å². The lowest BCUT2D eigenvalue weighted by Gasteiger charge is -2.10. The van der Waals surface area contributed by atoms with Crippen LogP contribution in [0.2, 0.25) is 0 Å². The molecule has 0 saturated heterocycles. The molecule has 2 aromatic rings. The molecule has 1 aromatic carbocycles. The zero-order chi connectivity index (χ0) is 15.2. The number of carbonyl (C=O) groups is 1. The SMILES string of the molecule is CC(C)Oc1ccc(NC(=O)/C=C/c2ccc(Br)s2)cc1. The van der Waals surface area contributed by atoms with E-state index in [4.69, 9.17) is 4.74 Å². The number of ether oxygens (including phenoxy) is 1. The quantitative estimate of drug-likeness (QED) is 0.761. The van der Waals surface area contributed by atoms with Gasteiger partial charge in [0, 0.05) is 16.6 Å². The van der Waals surface area contributed by atoms with Gasteiger partial charge in [0.2, 0.25) is 5.91 Å². The Hall–Kier alpha value is -1.59. The molecule has 1 N–H and O–H groups in total. The number of nitrogens with one attached hydrogen (secondary N) is 1. The third-order valence-corrected chi connectivity index (χ3v) is 4.08.